The summed E-state index contributed by atoms with van der Waals surface area (Å²) in [5, 5.41) is 11.2. The van der Waals surface area contributed by atoms with E-state index >= 15 is 0 Å². The van der Waals surface area contributed by atoms with Crippen LogP contribution in [0.2, 0.25) is 0 Å². The number of benzene rings is 1. The summed E-state index contributed by atoms with van der Waals surface area (Å²) in [6, 6.07) is 11.8. The Morgan fingerprint density at radius 1 is 1.23 bits per heavy atom. The van der Waals surface area contributed by atoms with E-state index < -0.39 is 17.9 Å². The van der Waals surface area contributed by atoms with E-state index in [0.29, 0.717) is 12.4 Å². The van der Waals surface area contributed by atoms with Crippen molar-refractivity contribution in [1.82, 2.24) is 10.3 Å². The van der Waals surface area contributed by atoms with Crippen molar-refractivity contribution in [1.29, 1.82) is 0 Å². The zero-order valence-electron chi connectivity index (χ0n) is 12.0. The second kappa shape index (κ2) is 7.21. The lowest BCUT2D eigenvalue weighted by atomic mass is 10.2. The molecular formula is C16H16N2O4. The van der Waals surface area contributed by atoms with Gasteiger partial charge in [0.25, 0.3) is 5.91 Å². The predicted molar refractivity (Wildman–Crippen MR) is 79.6 cm³/mol. The highest BCUT2D eigenvalue weighted by Gasteiger charge is 2.19. The molecule has 114 valence electrons. The first kappa shape index (κ1) is 15.5. The lowest BCUT2D eigenvalue weighted by molar-refractivity contribution is -0.138. The molecule has 2 N–H and O–H groups in total. The fourth-order valence-corrected chi connectivity index (χ4v) is 1.74. The zero-order chi connectivity index (χ0) is 15.9. The molecule has 2 aromatic rings. The van der Waals surface area contributed by atoms with E-state index in [1.54, 1.807) is 12.1 Å². The average Bonchev–Trinajstić information content (AvgIpc) is 2.54. The topological polar surface area (TPSA) is 88.5 Å². The smallest absolute Gasteiger partial charge is 0.325 e. The van der Waals surface area contributed by atoms with Crippen LogP contribution in [0, 0.1) is 0 Å². The molecule has 6 nitrogen and oxygen atoms in total. The van der Waals surface area contributed by atoms with Crippen LogP contribution in [0.3, 0.4) is 0 Å². The second-order valence-electron chi connectivity index (χ2n) is 4.66. The number of carboxylic acids is 1. The summed E-state index contributed by atoms with van der Waals surface area (Å²) in [7, 11) is 0. The van der Waals surface area contributed by atoms with Crippen molar-refractivity contribution in [2.45, 2.75) is 19.6 Å². The van der Waals surface area contributed by atoms with Crippen molar-refractivity contribution in [3.8, 4) is 5.75 Å². The van der Waals surface area contributed by atoms with Crippen molar-refractivity contribution in [3.63, 3.8) is 0 Å². The molecule has 0 saturated heterocycles. The monoisotopic (exact) mass is 300 g/mol. The third kappa shape index (κ3) is 4.05. The summed E-state index contributed by atoms with van der Waals surface area (Å²) >= 11 is 0. The van der Waals surface area contributed by atoms with Gasteiger partial charge in [-0.05, 0) is 24.6 Å². The molecule has 1 atom stereocenters. The van der Waals surface area contributed by atoms with Crippen LogP contribution in [-0.2, 0) is 11.4 Å². The Morgan fingerprint density at radius 2 is 1.95 bits per heavy atom. The number of carbonyl (C=O) groups is 2. The van der Waals surface area contributed by atoms with Crippen molar-refractivity contribution in [3.05, 3.63) is 59.9 Å². The highest BCUT2D eigenvalue weighted by atomic mass is 16.5. The van der Waals surface area contributed by atoms with Gasteiger partial charge in [-0.2, -0.15) is 0 Å². The van der Waals surface area contributed by atoms with E-state index in [9.17, 15) is 9.59 Å². The molecule has 0 aliphatic heterocycles. The molecule has 0 bridgehead atoms. The Labute approximate surface area is 127 Å². The SMILES string of the molecule is C[C@H](NC(=O)c1ncccc1OCc1ccccc1)C(=O)O. The van der Waals surface area contributed by atoms with Crippen LogP contribution < -0.4 is 10.1 Å². The van der Waals surface area contributed by atoms with E-state index in [0.717, 1.165) is 5.56 Å². The zero-order valence-corrected chi connectivity index (χ0v) is 12.0. The number of rotatable bonds is 6. The molecule has 0 aliphatic carbocycles. The molecule has 0 saturated carbocycles. The number of nitrogens with zero attached hydrogens (tertiary/aromatic N) is 1. The molecule has 2 rings (SSSR count). The van der Waals surface area contributed by atoms with Crippen LogP contribution in [0.5, 0.6) is 5.75 Å². The summed E-state index contributed by atoms with van der Waals surface area (Å²) in [5.74, 6) is -1.39. The minimum absolute atomic E-state index is 0.0616. The number of aromatic nitrogens is 1. The molecule has 0 unspecified atom stereocenters. The summed E-state index contributed by atoms with van der Waals surface area (Å²) in [6.07, 6.45) is 1.45. The molecule has 6 heteroatoms. The van der Waals surface area contributed by atoms with E-state index in [-0.39, 0.29) is 5.69 Å². The van der Waals surface area contributed by atoms with Gasteiger partial charge in [0.1, 0.15) is 12.6 Å². The van der Waals surface area contributed by atoms with Gasteiger partial charge in [0.15, 0.2) is 11.4 Å². The van der Waals surface area contributed by atoms with E-state index in [1.807, 2.05) is 30.3 Å². The quantitative estimate of drug-likeness (QED) is 0.850. The maximum Gasteiger partial charge on any atom is 0.325 e. The highest BCUT2D eigenvalue weighted by molar-refractivity contribution is 5.97. The van der Waals surface area contributed by atoms with Crippen LogP contribution in [0.25, 0.3) is 0 Å². The minimum Gasteiger partial charge on any atom is -0.486 e. The molecule has 1 aromatic carbocycles. The van der Waals surface area contributed by atoms with Crippen molar-refractivity contribution in [2.24, 2.45) is 0 Å². The Balaban J connectivity index is 2.09. The van der Waals surface area contributed by atoms with E-state index in [1.165, 1.54) is 13.1 Å². The summed E-state index contributed by atoms with van der Waals surface area (Å²) in [4.78, 5) is 26.8. The number of ether oxygens (including phenoxy) is 1. The number of carbonyl (C=O) groups excluding carboxylic acids is 1. The van der Waals surface area contributed by atoms with Crippen LogP contribution in [0.4, 0.5) is 0 Å². The number of aliphatic carboxylic acids is 1. The summed E-state index contributed by atoms with van der Waals surface area (Å²) in [5.41, 5.74) is 1.02. The maximum atomic E-state index is 12.1. The number of nitrogens with one attached hydrogen (secondary N) is 1. The normalized spacial score (nSPS) is 11.5. The van der Waals surface area contributed by atoms with E-state index in [4.69, 9.17) is 9.84 Å². The van der Waals surface area contributed by atoms with Crippen LogP contribution in [0.15, 0.2) is 48.7 Å². The molecule has 22 heavy (non-hydrogen) atoms. The van der Waals surface area contributed by atoms with E-state index in [2.05, 4.69) is 10.3 Å². The van der Waals surface area contributed by atoms with Gasteiger partial charge >= 0.3 is 5.97 Å². The number of pyridine rings is 1. The predicted octanol–water partition coefficient (Wildman–Crippen LogP) is 1.86. The third-order valence-electron chi connectivity index (χ3n) is 2.94. The molecular weight excluding hydrogens is 284 g/mol. The number of carboxylic acid groups (broad SMARTS) is 1. The molecule has 0 aliphatic rings. The maximum absolute atomic E-state index is 12.1. The van der Waals surface area contributed by atoms with Gasteiger partial charge < -0.3 is 15.2 Å². The molecule has 0 radical (unpaired) electrons. The first-order valence-electron chi connectivity index (χ1n) is 6.73. The number of hydrogen-bond donors (Lipinski definition) is 2. The van der Waals surface area contributed by atoms with Crippen molar-refractivity contribution < 1.29 is 19.4 Å². The number of amides is 1. The Morgan fingerprint density at radius 3 is 2.64 bits per heavy atom. The first-order chi connectivity index (χ1) is 10.6. The fraction of sp³-hybridized carbons (Fsp3) is 0.188. The van der Waals surface area contributed by atoms with Gasteiger partial charge in [-0.25, -0.2) is 4.98 Å². The van der Waals surface area contributed by atoms with Gasteiger partial charge in [-0.3, -0.25) is 9.59 Å². The van der Waals surface area contributed by atoms with Crippen LogP contribution in [0.1, 0.15) is 23.0 Å². The van der Waals surface area contributed by atoms with Gasteiger partial charge in [0, 0.05) is 6.20 Å². The average molecular weight is 300 g/mol. The lowest BCUT2D eigenvalue weighted by Crippen LogP contribution is -2.38. The van der Waals surface area contributed by atoms with Crippen LogP contribution >= 0.6 is 0 Å². The largest absolute Gasteiger partial charge is 0.486 e. The van der Waals surface area contributed by atoms with Crippen LogP contribution in [-0.4, -0.2) is 28.0 Å². The Kier molecular flexibility index (Phi) is 5.08. The van der Waals surface area contributed by atoms with Gasteiger partial charge in [0.05, 0.1) is 0 Å². The lowest BCUT2D eigenvalue weighted by Gasteiger charge is -2.12. The highest BCUT2D eigenvalue weighted by Crippen LogP contribution is 2.17. The second-order valence-corrected chi connectivity index (χ2v) is 4.66. The molecule has 0 fully saturated rings. The fourth-order valence-electron chi connectivity index (χ4n) is 1.74. The van der Waals surface area contributed by atoms with Gasteiger partial charge in [0.2, 0.25) is 0 Å². The first-order valence-corrected chi connectivity index (χ1v) is 6.73. The van der Waals surface area contributed by atoms with Gasteiger partial charge in [-0.15, -0.1) is 0 Å². The molecule has 1 amide bonds. The third-order valence-corrected chi connectivity index (χ3v) is 2.94. The Bertz CT molecular complexity index is 658. The van der Waals surface area contributed by atoms with Gasteiger partial charge in [-0.1, -0.05) is 30.3 Å². The Hall–Kier alpha value is -2.89. The van der Waals surface area contributed by atoms with Crippen molar-refractivity contribution in [2.75, 3.05) is 0 Å². The standard InChI is InChI=1S/C16H16N2O4/c1-11(16(20)21)18-15(19)14-13(8-5-9-17-14)22-10-12-6-3-2-4-7-12/h2-9,11H,10H2,1H3,(H,18,19)(H,20,21)/t11-/m0/s1. The molecule has 1 heterocycles. The molecule has 0 spiro atoms. The summed E-state index contributed by atoms with van der Waals surface area (Å²) in [6.45, 7) is 1.68. The number of hydrogen-bond acceptors (Lipinski definition) is 4. The summed E-state index contributed by atoms with van der Waals surface area (Å²) < 4.78 is 5.62. The van der Waals surface area contributed by atoms with Crippen molar-refractivity contribution >= 4 is 11.9 Å². The molecule has 1 aromatic heterocycles. The minimum atomic E-state index is -1.11.